The Morgan fingerprint density at radius 1 is 1.47 bits per heavy atom. The molecule has 2 rings (SSSR count). The molecule has 4 nitrogen and oxygen atoms in total. The van der Waals surface area contributed by atoms with E-state index in [1.165, 1.54) is 6.92 Å². The minimum atomic E-state index is -0.00796. The van der Waals surface area contributed by atoms with Gasteiger partial charge in [-0.1, -0.05) is 0 Å². The zero-order valence-corrected chi connectivity index (χ0v) is 9.99. The first-order valence-corrected chi connectivity index (χ1v) is 5.53. The first-order chi connectivity index (χ1) is 8.20. The number of methoxy groups -OCH3 is 1. The second-order valence-electron chi connectivity index (χ2n) is 3.90. The van der Waals surface area contributed by atoms with Crippen LogP contribution in [0.25, 0.3) is 5.57 Å². The van der Waals surface area contributed by atoms with Crippen LogP contribution in [0.5, 0.6) is 5.75 Å². The lowest BCUT2D eigenvalue weighted by atomic mass is 10.0. The molecule has 1 aliphatic heterocycles. The number of ether oxygens (including phenoxy) is 1. The maximum absolute atomic E-state index is 10.8. The lowest BCUT2D eigenvalue weighted by Gasteiger charge is -2.07. The summed E-state index contributed by atoms with van der Waals surface area (Å²) < 4.78 is 5.19. The van der Waals surface area contributed by atoms with Crippen molar-refractivity contribution in [2.75, 3.05) is 13.7 Å². The molecule has 0 fully saturated rings. The van der Waals surface area contributed by atoms with E-state index < -0.39 is 0 Å². The van der Waals surface area contributed by atoms with E-state index in [1.807, 2.05) is 24.4 Å². The van der Waals surface area contributed by atoms with Gasteiger partial charge in [0.15, 0.2) is 0 Å². The van der Waals surface area contributed by atoms with Gasteiger partial charge in [0, 0.05) is 25.2 Å². The Labute approximate surface area is 101 Å². The minimum absolute atomic E-state index is 0.00796. The summed E-state index contributed by atoms with van der Waals surface area (Å²) >= 11 is 0. The van der Waals surface area contributed by atoms with Gasteiger partial charge in [0.2, 0.25) is 5.91 Å². The van der Waals surface area contributed by atoms with E-state index in [0.29, 0.717) is 6.54 Å². The Kier molecular flexibility index (Phi) is 3.32. The number of fused-ring (bicyclic) bond motifs is 1. The van der Waals surface area contributed by atoms with Crippen molar-refractivity contribution >= 4 is 17.2 Å². The Hall–Kier alpha value is -1.97. The zero-order chi connectivity index (χ0) is 12.3. The van der Waals surface area contributed by atoms with Crippen molar-refractivity contribution in [2.45, 2.75) is 13.3 Å². The van der Waals surface area contributed by atoms with Crippen molar-refractivity contribution in [3.63, 3.8) is 0 Å². The molecule has 0 aliphatic carbocycles. The van der Waals surface area contributed by atoms with Gasteiger partial charge in [0.1, 0.15) is 5.75 Å². The summed E-state index contributed by atoms with van der Waals surface area (Å²) in [5.41, 5.74) is 3.19. The first kappa shape index (κ1) is 11.5. The Morgan fingerprint density at radius 3 is 3.00 bits per heavy atom. The SMILES string of the molecule is COc1ccc2c(c1)C(CCNC(C)=O)=C[N]2. The van der Waals surface area contributed by atoms with Crippen LogP contribution in [0.1, 0.15) is 18.9 Å². The van der Waals surface area contributed by atoms with E-state index >= 15 is 0 Å². The van der Waals surface area contributed by atoms with Crippen LogP contribution < -0.4 is 15.4 Å². The number of nitrogens with one attached hydrogen (secondary N) is 1. The third kappa shape index (κ3) is 2.58. The lowest BCUT2D eigenvalue weighted by Crippen LogP contribution is -2.20. The summed E-state index contributed by atoms with van der Waals surface area (Å²) in [7, 11) is 1.65. The smallest absolute Gasteiger partial charge is 0.216 e. The Balaban J connectivity index is 2.06. The molecule has 0 atom stereocenters. The van der Waals surface area contributed by atoms with E-state index in [1.54, 1.807) is 7.11 Å². The Bertz CT molecular complexity index is 466. The fourth-order valence-corrected chi connectivity index (χ4v) is 1.80. The van der Waals surface area contributed by atoms with E-state index in [9.17, 15) is 4.79 Å². The van der Waals surface area contributed by atoms with Crippen molar-refractivity contribution in [3.05, 3.63) is 30.0 Å². The van der Waals surface area contributed by atoms with Gasteiger partial charge in [-0.15, -0.1) is 0 Å². The van der Waals surface area contributed by atoms with Crippen molar-refractivity contribution < 1.29 is 9.53 Å². The van der Waals surface area contributed by atoms with Crippen LogP contribution >= 0.6 is 0 Å². The van der Waals surface area contributed by atoms with Crippen molar-refractivity contribution in [3.8, 4) is 5.75 Å². The molecule has 1 N–H and O–H groups in total. The van der Waals surface area contributed by atoms with Crippen molar-refractivity contribution in [2.24, 2.45) is 0 Å². The molecule has 1 radical (unpaired) electrons. The molecular weight excluding hydrogens is 216 g/mol. The maximum Gasteiger partial charge on any atom is 0.216 e. The largest absolute Gasteiger partial charge is 0.497 e. The molecule has 0 saturated heterocycles. The molecule has 89 valence electrons. The first-order valence-electron chi connectivity index (χ1n) is 5.53. The van der Waals surface area contributed by atoms with Crippen LogP contribution in [0.2, 0.25) is 0 Å². The van der Waals surface area contributed by atoms with E-state index in [-0.39, 0.29) is 5.91 Å². The van der Waals surface area contributed by atoms with Crippen LogP contribution in [0.4, 0.5) is 5.69 Å². The average molecular weight is 231 g/mol. The summed E-state index contributed by atoms with van der Waals surface area (Å²) in [5, 5.41) is 7.10. The van der Waals surface area contributed by atoms with E-state index in [2.05, 4.69) is 10.6 Å². The number of benzene rings is 1. The lowest BCUT2D eigenvalue weighted by molar-refractivity contribution is -0.118. The second kappa shape index (κ2) is 4.91. The maximum atomic E-state index is 10.8. The highest BCUT2D eigenvalue weighted by atomic mass is 16.5. The number of amides is 1. The molecule has 1 amide bonds. The van der Waals surface area contributed by atoms with Crippen LogP contribution in [0.15, 0.2) is 24.4 Å². The van der Waals surface area contributed by atoms with E-state index in [0.717, 1.165) is 29.0 Å². The van der Waals surface area contributed by atoms with Crippen molar-refractivity contribution in [1.29, 1.82) is 0 Å². The van der Waals surface area contributed by atoms with Gasteiger partial charge in [-0.3, -0.25) is 10.1 Å². The normalized spacial score (nSPS) is 12.5. The number of hydrogen-bond donors (Lipinski definition) is 1. The quantitative estimate of drug-likeness (QED) is 0.859. The highest BCUT2D eigenvalue weighted by Gasteiger charge is 2.15. The summed E-state index contributed by atoms with van der Waals surface area (Å²) in [6.45, 7) is 2.15. The average Bonchev–Trinajstić information content (AvgIpc) is 2.71. The standard InChI is InChI=1S/C13H15N2O2/c1-9(16)14-6-5-10-8-15-13-4-3-11(17-2)7-12(10)13/h3-4,7-8H,5-6H2,1-2H3,(H,14,16). The van der Waals surface area contributed by atoms with Crippen LogP contribution in [0.3, 0.4) is 0 Å². The molecule has 1 aromatic rings. The number of hydrogen-bond acceptors (Lipinski definition) is 2. The third-order valence-electron chi connectivity index (χ3n) is 2.68. The molecule has 17 heavy (non-hydrogen) atoms. The van der Waals surface area contributed by atoms with Gasteiger partial charge in [0.25, 0.3) is 0 Å². The molecule has 0 bridgehead atoms. The fraction of sp³-hybridized carbons (Fsp3) is 0.308. The summed E-state index contributed by atoms with van der Waals surface area (Å²) in [6, 6.07) is 5.81. The van der Waals surface area contributed by atoms with Crippen molar-refractivity contribution in [1.82, 2.24) is 10.6 Å². The van der Waals surface area contributed by atoms with Gasteiger partial charge in [0.05, 0.1) is 12.8 Å². The zero-order valence-electron chi connectivity index (χ0n) is 9.99. The molecule has 1 aromatic carbocycles. The Morgan fingerprint density at radius 2 is 2.29 bits per heavy atom. The molecule has 0 spiro atoms. The highest BCUT2D eigenvalue weighted by Crippen LogP contribution is 2.34. The topological polar surface area (TPSA) is 52.4 Å². The van der Waals surface area contributed by atoms with E-state index in [4.69, 9.17) is 4.74 Å². The van der Waals surface area contributed by atoms with Crippen LogP contribution in [0, 0.1) is 0 Å². The molecule has 4 heteroatoms. The second-order valence-corrected chi connectivity index (χ2v) is 3.90. The van der Waals surface area contributed by atoms with Crippen LogP contribution in [-0.2, 0) is 4.79 Å². The monoisotopic (exact) mass is 231 g/mol. The number of carbonyl (C=O) groups is 1. The molecule has 0 unspecified atom stereocenters. The molecule has 0 saturated carbocycles. The number of rotatable bonds is 4. The van der Waals surface area contributed by atoms with Gasteiger partial charge in [-0.05, 0) is 30.2 Å². The fourth-order valence-electron chi connectivity index (χ4n) is 1.80. The summed E-state index contributed by atoms with van der Waals surface area (Å²) in [5.74, 6) is 0.817. The van der Waals surface area contributed by atoms with Gasteiger partial charge >= 0.3 is 0 Å². The molecule has 0 aromatic heterocycles. The predicted octanol–water partition coefficient (Wildman–Crippen LogP) is 1.81. The predicted molar refractivity (Wildman–Crippen MR) is 66.1 cm³/mol. The third-order valence-corrected chi connectivity index (χ3v) is 2.68. The number of carbonyl (C=O) groups excluding carboxylic acids is 1. The molecule has 1 aliphatic rings. The van der Waals surface area contributed by atoms with Gasteiger partial charge in [-0.2, -0.15) is 0 Å². The summed E-state index contributed by atoms with van der Waals surface area (Å²) in [4.78, 5) is 10.8. The van der Waals surface area contributed by atoms with Crippen LogP contribution in [-0.4, -0.2) is 19.6 Å². The highest BCUT2D eigenvalue weighted by molar-refractivity contribution is 5.80. The minimum Gasteiger partial charge on any atom is -0.497 e. The van der Waals surface area contributed by atoms with Gasteiger partial charge < -0.3 is 10.1 Å². The molecular formula is C13H15N2O2. The summed E-state index contributed by atoms with van der Waals surface area (Å²) in [6.07, 6.45) is 2.63. The van der Waals surface area contributed by atoms with Gasteiger partial charge in [-0.25, -0.2) is 0 Å². The number of nitrogens with zero attached hydrogens (tertiary/aromatic N) is 1. The molecule has 1 heterocycles.